The zero-order chi connectivity index (χ0) is 25.6. The van der Waals surface area contributed by atoms with Crippen molar-refractivity contribution < 1.29 is 33.9 Å². The summed E-state index contributed by atoms with van der Waals surface area (Å²) < 4.78 is 4.88. The number of likely N-dealkylation sites (N-methyl/N-ethyl adjacent to an activating group) is 1. The van der Waals surface area contributed by atoms with Crippen molar-refractivity contribution in [2.24, 2.45) is 11.8 Å². The van der Waals surface area contributed by atoms with E-state index >= 15 is 0 Å². The van der Waals surface area contributed by atoms with Crippen molar-refractivity contribution in [1.29, 1.82) is 0 Å². The van der Waals surface area contributed by atoms with Crippen molar-refractivity contribution in [3.8, 4) is 0 Å². The van der Waals surface area contributed by atoms with Crippen LogP contribution in [-0.2, 0) is 18.9 Å². The van der Waals surface area contributed by atoms with Crippen LogP contribution in [0.5, 0.6) is 0 Å². The second-order valence-corrected chi connectivity index (χ2v) is 10.7. The predicted molar refractivity (Wildman–Crippen MR) is 130 cm³/mol. The Hall–Kier alpha value is -2.46. The Morgan fingerprint density at radius 3 is 2.69 bits per heavy atom. The smallest absolute Gasteiger partial charge is 0.358 e. The summed E-state index contributed by atoms with van der Waals surface area (Å²) >= 11 is 1.46. The minimum absolute atomic E-state index is 0.0265. The number of nitrogens with zero attached hydrogens (tertiary/aromatic N) is 2. The molecule has 4 rings (SSSR count). The number of hydrogen-bond donors (Lipinski definition) is 2. The van der Waals surface area contributed by atoms with Gasteiger partial charge in [0, 0.05) is 28.3 Å². The Bertz CT molecular complexity index is 1110. The van der Waals surface area contributed by atoms with Crippen LogP contribution in [0.15, 0.2) is 34.9 Å². The number of aromatic carboxylic acids is 1. The number of carboxylic acids is 1. The molecule has 10 nitrogen and oxygen atoms in total. The molecule has 0 bridgehead atoms. The SMILES string of the molecule is CC(O)C1C(=O)N2C(C(=O)OP)=C(SC3CC(C(=O)Nc4cccc(C(=O)[O-])c4)N(C)C3)C(C)C12. The lowest BCUT2D eigenvalue weighted by molar-refractivity contribution is -0.255. The van der Waals surface area contributed by atoms with E-state index in [9.17, 15) is 29.4 Å². The van der Waals surface area contributed by atoms with Crippen LogP contribution >= 0.6 is 21.2 Å². The molecule has 188 valence electrons. The van der Waals surface area contributed by atoms with E-state index in [2.05, 4.69) is 5.32 Å². The third-order valence-corrected chi connectivity index (χ3v) is 8.59. The van der Waals surface area contributed by atoms with Crippen molar-refractivity contribution in [3.05, 3.63) is 40.4 Å². The number of carbonyl (C=O) groups excluding carboxylic acids is 4. The number of benzene rings is 1. The minimum Gasteiger partial charge on any atom is -0.545 e. The lowest BCUT2D eigenvalue weighted by Gasteiger charge is -2.46. The van der Waals surface area contributed by atoms with Crippen molar-refractivity contribution >= 4 is 50.7 Å². The van der Waals surface area contributed by atoms with Crippen LogP contribution in [0.25, 0.3) is 0 Å². The standard InChI is InChI=1S/C23H28N3O7PS/c1-10-17-16(11(2)27)21(29)26(17)18(23(32)33-34)19(10)35-14-8-15(25(3)9-14)20(28)24-13-6-4-5-12(7-13)22(30)31/h4-7,10-11,14-17,27H,8-9,34H2,1-3H3,(H,24,28)(H,30,31)/p-1. The van der Waals surface area contributed by atoms with Gasteiger partial charge in [0.15, 0.2) is 0 Å². The number of rotatable bonds is 7. The molecular formula is C23H27N3O7PS-. The zero-order valence-electron chi connectivity index (χ0n) is 19.5. The summed E-state index contributed by atoms with van der Waals surface area (Å²) in [4.78, 5) is 53.4. The van der Waals surface area contributed by atoms with Gasteiger partial charge in [0.05, 0.1) is 39.5 Å². The third kappa shape index (κ3) is 4.58. The molecule has 1 aromatic rings. The summed E-state index contributed by atoms with van der Waals surface area (Å²) in [6.45, 7) is 4.07. The largest absolute Gasteiger partial charge is 0.545 e. The number of carboxylic acid groups (broad SMARTS) is 1. The summed E-state index contributed by atoms with van der Waals surface area (Å²) in [5, 5.41) is 23.9. The van der Waals surface area contributed by atoms with Gasteiger partial charge in [-0.05, 0) is 38.1 Å². The lowest BCUT2D eigenvalue weighted by atomic mass is 9.79. The molecule has 3 heterocycles. The highest BCUT2D eigenvalue weighted by Crippen LogP contribution is 2.52. The predicted octanol–water partition coefficient (Wildman–Crippen LogP) is 0.197. The van der Waals surface area contributed by atoms with Gasteiger partial charge in [-0.2, -0.15) is 0 Å². The Balaban J connectivity index is 1.49. The van der Waals surface area contributed by atoms with Crippen LogP contribution in [0.3, 0.4) is 0 Å². The van der Waals surface area contributed by atoms with E-state index in [0.717, 1.165) is 4.91 Å². The average Bonchev–Trinajstić information content (AvgIpc) is 3.28. The molecule has 7 unspecified atom stereocenters. The van der Waals surface area contributed by atoms with Crippen LogP contribution < -0.4 is 10.4 Å². The number of likely N-dealkylation sites (tertiary alicyclic amines) is 1. The maximum absolute atomic E-state index is 13.0. The molecule has 2 amide bonds. The van der Waals surface area contributed by atoms with Crippen LogP contribution in [0.2, 0.25) is 0 Å². The van der Waals surface area contributed by atoms with Crippen molar-refractivity contribution in [2.75, 3.05) is 18.9 Å². The van der Waals surface area contributed by atoms with Gasteiger partial charge in [-0.1, -0.05) is 19.1 Å². The topological polar surface area (TPSA) is 139 Å². The van der Waals surface area contributed by atoms with Gasteiger partial charge in [0.2, 0.25) is 11.8 Å². The molecular weight excluding hydrogens is 493 g/mol. The molecule has 2 fully saturated rings. The maximum Gasteiger partial charge on any atom is 0.358 e. The van der Waals surface area contributed by atoms with Crippen LogP contribution in [0.4, 0.5) is 5.69 Å². The first-order valence-electron chi connectivity index (χ1n) is 11.2. The first kappa shape index (κ1) is 25.6. The van der Waals surface area contributed by atoms with E-state index in [1.165, 1.54) is 34.9 Å². The monoisotopic (exact) mass is 520 g/mol. The number of amides is 2. The highest BCUT2D eigenvalue weighted by Gasteiger charge is 2.60. The van der Waals surface area contributed by atoms with Gasteiger partial charge >= 0.3 is 5.97 Å². The van der Waals surface area contributed by atoms with Crippen LogP contribution in [0.1, 0.15) is 30.6 Å². The fraction of sp³-hybridized carbons (Fsp3) is 0.478. The highest BCUT2D eigenvalue weighted by atomic mass is 32.2. The first-order chi connectivity index (χ1) is 16.5. The van der Waals surface area contributed by atoms with Crippen molar-refractivity contribution in [2.45, 2.75) is 43.7 Å². The summed E-state index contributed by atoms with van der Waals surface area (Å²) in [7, 11) is 3.74. The molecule has 2 N–H and O–H groups in total. The Morgan fingerprint density at radius 2 is 2.06 bits per heavy atom. The molecule has 0 saturated carbocycles. The maximum atomic E-state index is 13.0. The van der Waals surface area contributed by atoms with Gasteiger partial charge in [0.25, 0.3) is 0 Å². The number of aliphatic hydroxyl groups is 1. The molecule has 2 saturated heterocycles. The van der Waals surface area contributed by atoms with E-state index < -0.39 is 30.0 Å². The van der Waals surface area contributed by atoms with E-state index in [0.29, 0.717) is 18.7 Å². The Labute approximate surface area is 209 Å². The first-order valence-corrected chi connectivity index (χ1v) is 12.6. The number of fused-ring (bicyclic) bond motifs is 1. The number of aliphatic hydroxyl groups excluding tert-OH is 1. The summed E-state index contributed by atoms with van der Waals surface area (Å²) in [6.07, 6.45) is -0.338. The molecule has 0 aliphatic carbocycles. The Morgan fingerprint density at radius 1 is 1.34 bits per heavy atom. The zero-order valence-corrected chi connectivity index (χ0v) is 21.4. The average molecular weight is 521 g/mol. The molecule has 3 aliphatic rings. The quantitative estimate of drug-likeness (QED) is 0.381. The van der Waals surface area contributed by atoms with Crippen molar-refractivity contribution in [3.63, 3.8) is 0 Å². The van der Waals surface area contributed by atoms with Gasteiger partial charge < -0.3 is 29.7 Å². The number of β-lactam (4-membered cyclic amide) rings is 1. The second kappa shape index (κ2) is 9.89. The van der Waals surface area contributed by atoms with Gasteiger partial charge in [-0.3, -0.25) is 14.5 Å². The summed E-state index contributed by atoms with van der Waals surface area (Å²) in [5.74, 6) is -3.25. The summed E-state index contributed by atoms with van der Waals surface area (Å²) in [6, 6.07) is 5.11. The molecule has 0 radical (unpaired) electrons. The number of anilines is 1. The minimum atomic E-state index is -1.32. The third-order valence-electron chi connectivity index (χ3n) is 6.88. The molecule has 1 aromatic carbocycles. The molecule has 12 heteroatoms. The molecule has 3 aliphatic heterocycles. The normalized spacial score (nSPS) is 29.0. The highest BCUT2D eigenvalue weighted by molar-refractivity contribution is 8.03. The van der Waals surface area contributed by atoms with Gasteiger partial charge in [0.1, 0.15) is 5.70 Å². The van der Waals surface area contributed by atoms with Crippen molar-refractivity contribution in [1.82, 2.24) is 9.80 Å². The lowest BCUT2D eigenvalue weighted by Crippen LogP contribution is -2.63. The van der Waals surface area contributed by atoms with Crippen LogP contribution in [-0.4, -0.2) is 75.7 Å². The number of carbonyl (C=O) groups is 4. The van der Waals surface area contributed by atoms with Gasteiger partial charge in [-0.15, -0.1) is 11.8 Å². The molecule has 35 heavy (non-hydrogen) atoms. The van der Waals surface area contributed by atoms with Gasteiger partial charge in [-0.25, -0.2) is 4.79 Å². The van der Waals surface area contributed by atoms with E-state index in [4.69, 9.17) is 4.52 Å². The van der Waals surface area contributed by atoms with E-state index in [-0.39, 0.29) is 40.3 Å². The fourth-order valence-corrected chi connectivity index (χ4v) is 6.90. The second-order valence-electron chi connectivity index (χ2n) is 9.16. The number of thioether (sulfide) groups is 1. The number of nitrogens with one attached hydrogen (secondary N) is 1. The molecule has 7 atom stereocenters. The van der Waals surface area contributed by atoms with E-state index in [1.807, 2.05) is 28.3 Å². The van der Waals surface area contributed by atoms with Crippen LogP contribution in [0, 0.1) is 11.8 Å². The molecule has 0 aromatic heterocycles. The Kier molecular flexibility index (Phi) is 7.24. The fourth-order valence-electron chi connectivity index (χ4n) is 5.20. The molecule has 0 spiro atoms. The number of hydrogen-bond acceptors (Lipinski definition) is 9. The van der Waals surface area contributed by atoms with E-state index in [1.54, 1.807) is 13.0 Å². The summed E-state index contributed by atoms with van der Waals surface area (Å²) in [5.41, 5.74) is 0.547.